The van der Waals surface area contributed by atoms with Gasteiger partial charge in [0.15, 0.2) is 0 Å². The quantitative estimate of drug-likeness (QED) is 0.177. The zero-order valence-corrected chi connectivity index (χ0v) is 23.8. The summed E-state index contributed by atoms with van der Waals surface area (Å²) in [5, 5.41) is 3.22. The van der Waals surface area contributed by atoms with Crippen molar-refractivity contribution in [3.05, 3.63) is 47.5 Å². The molecule has 2 aromatic rings. The van der Waals surface area contributed by atoms with Crippen LogP contribution in [0.5, 0.6) is 0 Å². The molecule has 2 rings (SSSR count). The molecule has 4 nitrogen and oxygen atoms in total. The summed E-state index contributed by atoms with van der Waals surface area (Å²) >= 11 is 4.80. The number of nitrogens with zero attached hydrogens (tertiary/aromatic N) is 2. The molecule has 0 bridgehead atoms. The Morgan fingerprint density at radius 1 is 1.09 bits per heavy atom. The molecule has 1 unspecified atom stereocenters. The zero-order valence-electron chi connectivity index (χ0n) is 22.9. The molecule has 0 radical (unpaired) electrons. The van der Waals surface area contributed by atoms with Gasteiger partial charge < -0.3 is 11.1 Å². The van der Waals surface area contributed by atoms with Crippen LogP contribution in [0.1, 0.15) is 84.3 Å². The van der Waals surface area contributed by atoms with Crippen LogP contribution in [0, 0.1) is 18.3 Å². The number of nitrogens with two attached hydrogens (primary N) is 1. The molecule has 192 valence electrons. The Hall–Kier alpha value is -2.27. The van der Waals surface area contributed by atoms with Gasteiger partial charge in [0.05, 0.1) is 5.84 Å². The first-order valence-electron chi connectivity index (χ1n) is 13.0. The lowest BCUT2D eigenvalue weighted by Gasteiger charge is -2.26. The largest absolute Gasteiger partial charge is 0.387 e. The fraction of sp³-hybridized carbons (Fsp3) is 0.533. The summed E-state index contributed by atoms with van der Waals surface area (Å²) in [5.74, 6) is 1.78. The van der Waals surface area contributed by atoms with Crippen molar-refractivity contribution >= 4 is 30.1 Å². The van der Waals surface area contributed by atoms with Gasteiger partial charge in [-0.25, -0.2) is 4.99 Å². The fourth-order valence-electron chi connectivity index (χ4n) is 4.79. The predicted octanol–water partition coefficient (Wildman–Crippen LogP) is 8.29. The maximum absolute atomic E-state index is 5.70. The second kappa shape index (κ2) is 13.7. The lowest BCUT2D eigenvalue weighted by molar-refractivity contribution is 0.263. The number of unbranched alkanes of at least 4 members (excludes halogenated alkanes) is 1. The summed E-state index contributed by atoms with van der Waals surface area (Å²) in [6.07, 6.45) is 9.05. The van der Waals surface area contributed by atoms with Gasteiger partial charge in [-0.05, 0) is 78.8 Å². The van der Waals surface area contributed by atoms with Crippen LogP contribution in [0.2, 0.25) is 0 Å². The van der Waals surface area contributed by atoms with E-state index in [1.165, 1.54) is 49.7 Å². The van der Waals surface area contributed by atoms with Gasteiger partial charge >= 0.3 is 0 Å². The standard InChI is InChI=1S/C30H46N4S/c1-8-9-11-24(20-30(4,5)6)13-10-12-23-14-16-25(17-15-23)28-21(2)18-26(19-27(28)35)34-29(32-7)33-22(3)31/h14-19,24,35H,8-13,20H2,1-7H3,(H3,31,32,33,34). The van der Waals surface area contributed by atoms with Crippen LogP contribution in [0.4, 0.5) is 5.69 Å². The molecule has 1 atom stereocenters. The number of amidine groups is 1. The average molecular weight is 495 g/mol. The first kappa shape index (κ1) is 29.0. The molecule has 0 aliphatic heterocycles. The van der Waals surface area contributed by atoms with E-state index in [0.29, 0.717) is 17.2 Å². The maximum Gasteiger partial charge on any atom is 0.223 e. The van der Waals surface area contributed by atoms with E-state index in [-0.39, 0.29) is 0 Å². The van der Waals surface area contributed by atoms with Crippen molar-refractivity contribution in [2.75, 3.05) is 12.4 Å². The molecule has 0 aromatic heterocycles. The smallest absolute Gasteiger partial charge is 0.223 e. The number of hydrogen-bond donors (Lipinski definition) is 3. The van der Waals surface area contributed by atoms with Gasteiger partial charge in [-0.15, -0.1) is 12.6 Å². The average Bonchev–Trinajstić information content (AvgIpc) is 2.76. The Morgan fingerprint density at radius 3 is 2.29 bits per heavy atom. The molecule has 2 aromatic carbocycles. The van der Waals surface area contributed by atoms with Crippen molar-refractivity contribution in [1.29, 1.82) is 0 Å². The van der Waals surface area contributed by atoms with Crippen LogP contribution in [0.3, 0.4) is 0 Å². The number of anilines is 1. The number of hydrogen-bond acceptors (Lipinski definition) is 2. The number of thiol groups is 1. The third kappa shape index (κ3) is 10.1. The number of nitrogens with one attached hydrogen (secondary N) is 1. The van der Waals surface area contributed by atoms with E-state index in [4.69, 9.17) is 18.4 Å². The molecule has 35 heavy (non-hydrogen) atoms. The van der Waals surface area contributed by atoms with Crippen molar-refractivity contribution < 1.29 is 0 Å². The first-order chi connectivity index (χ1) is 16.5. The molecule has 3 N–H and O–H groups in total. The second-order valence-electron chi connectivity index (χ2n) is 11.0. The van der Waals surface area contributed by atoms with E-state index >= 15 is 0 Å². The van der Waals surface area contributed by atoms with E-state index in [9.17, 15) is 0 Å². The van der Waals surface area contributed by atoms with E-state index in [1.54, 1.807) is 14.0 Å². The van der Waals surface area contributed by atoms with Gasteiger partial charge in [-0.1, -0.05) is 77.6 Å². The molecule has 0 saturated carbocycles. The number of guanidine groups is 1. The van der Waals surface area contributed by atoms with Crippen molar-refractivity contribution in [2.45, 2.75) is 91.4 Å². The van der Waals surface area contributed by atoms with Crippen molar-refractivity contribution in [3.8, 4) is 11.1 Å². The maximum atomic E-state index is 5.70. The van der Waals surface area contributed by atoms with Gasteiger partial charge in [0.2, 0.25) is 5.96 Å². The topological polar surface area (TPSA) is 62.8 Å². The highest BCUT2D eigenvalue weighted by Crippen LogP contribution is 2.34. The normalized spacial score (nSPS) is 13.7. The zero-order chi connectivity index (χ0) is 26.0. The Labute approximate surface area is 219 Å². The van der Waals surface area contributed by atoms with Crippen molar-refractivity contribution in [2.24, 2.45) is 27.1 Å². The Kier molecular flexibility index (Phi) is 11.4. The first-order valence-corrected chi connectivity index (χ1v) is 13.4. The highest BCUT2D eigenvalue weighted by molar-refractivity contribution is 7.80. The number of rotatable bonds is 10. The molecule has 0 amide bonds. The summed E-state index contributed by atoms with van der Waals surface area (Å²) in [7, 11) is 1.69. The molecule has 0 heterocycles. The number of benzene rings is 2. The van der Waals surface area contributed by atoms with Crippen LogP contribution < -0.4 is 11.1 Å². The Morgan fingerprint density at radius 2 is 1.74 bits per heavy atom. The molecular weight excluding hydrogens is 448 g/mol. The third-order valence-electron chi connectivity index (χ3n) is 6.25. The van der Waals surface area contributed by atoms with E-state index in [2.05, 4.69) is 80.3 Å². The number of aliphatic imine (C=N–C) groups is 2. The van der Waals surface area contributed by atoms with E-state index in [0.717, 1.165) is 34.0 Å². The third-order valence-corrected chi connectivity index (χ3v) is 6.61. The minimum atomic E-state index is 0.412. The summed E-state index contributed by atoms with van der Waals surface area (Å²) in [6.45, 7) is 13.3. The lowest BCUT2D eigenvalue weighted by Crippen LogP contribution is -2.15. The van der Waals surface area contributed by atoms with E-state index in [1.807, 2.05) is 6.07 Å². The molecule has 0 aliphatic rings. The van der Waals surface area contributed by atoms with Gasteiger partial charge in [0.25, 0.3) is 0 Å². The molecule has 0 aliphatic carbocycles. The highest BCUT2D eigenvalue weighted by Gasteiger charge is 2.18. The second-order valence-corrected chi connectivity index (χ2v) is 11.5. The highest BCUT2D eigenvalue weighted by atomic mass is 32.1. The SMILES string of the molecule is CCCCC(CCCc1ccc(-c2c(C)cc(NC(N=C(C)N)=NC)cc2S)cc1)CC(C)(C)C. The van der Waals surface area contributed by atoms with E-state index < -0.39 is 0 Å². The van der Waals surface area contributed by atoms with Gasteiger partial charge in [-0.2, -0.15) is 0 Å². The summed E-state index contributed by atoms with van der Waals surface area (Å²) in [6, 6.07) is 13.1. The predicted molar refractivity (Wildman–Crippen MR) is 158 cm³/mol. The summed E-state index contributed by atoms with van der Waals surface area (Å²) in [5.41, 5.74) is 11.9. The molecule has 0 saturated heterocycles. The Bertz CT molecular complexity index is 973. The summed E-state index contributed by atoms with van der Waals surface area (Å²) < 4.78 is 0. The molecular formula is C30H46N4S. The molecule has 0 fully saturated rings. The molecule has 0 spiro atoms. The molecule has 5 heteroatoms. The minimum absolute atomic E-state index is 0.412. The van der Waals surface area contributed by atoms with Crippen molar-refractivity contribution in [3.63, 3.8) is 0 Å². The minimum Gasteiger partial charge on any atom is -0.387 e. The van der Waals surface area contributed by atoms with Crippen LogP contribution in [0.25, 0.3) is 11.1 Å². The van der Waals surface area contributed by atoms with Crippen LogP contribution in [-0.4, -0.2) is 18.8 Å². The van der Waals surface area contributed by atoms with Gasteiger partial charge in [0.1, 0.15) is 0 Å². The van der Waals surface area contributed by atoms with Crippen LogP contribution in [-0.2, 0) is 6.42 Å². The van der Waals surface area contributed by atoms with Crippen LogP contribution in [0.15, 0.2) is 51.3 Å². The lowest BCUT2D eigenvalue weighted by atomic mass is 9.80. The summed E-state index contributed by atoms with van der Waals surface area (Å²) in [4.78, 5) is 9.29. The van der Waals surface area contributed by atoms with Gasteiger partial charge in [-0.3, -0.25) is 4.99 Å². The van der Waals surface area contributed by atoms with Gasteiger partial charge in [0, 0.05) is 17.6 Å². The monoisotopic (exact) mass is 494 g/mol. The fourth-order valence-corrected chi connectivity index (χ4v) is 5.23. The number of aryl methyl sites for hydroxylation is 2. The van der Waals surface area contributed by atoms with Crippen LogP contribution >= 0.6 is 12.6 Å². The van der Waals surface area contributed by atoms with Crippen molar-refractivity contribution in [1.82, 2.24) is 0 Å². The Balaban J connectivity index is 2.06.